The molecule has 248 valence electrons. The summed E-state index contributed by atoms with van der Waals surface area (Å²) in [5, 5.41) is 3.75. The van der Waals surface area contributed by atoms with E-state index in [0.29, 0.717) is 27.8 Å². The molecule has 1 atom stereocenters. The molecule has 4 aromatic rings. The predicted octanol–water partition coefficient (Wildman–Crippen LogP) is 7.53. The van der Waals surface area contributed by atoms with Crippen molar-refractivity contribution in [2.75, 3.05) is 17.4 Å². The molecule has 0 spiro atoms. The van der Waals surface area contributed by atoms with Crippen molar-refractivity contribution < 1.29 is 18.0 Å². The highest BCUT2D eigenvalue weighted by molar-refractivity contribution is 7.92. The Morgan fingerprint density at radius 1 is 0.851 bits per heavy atom. The Bertz CT molecular complexity index is 1810. The maximum Gasteiger partial charge on any atom is 0.264 e. The summed E-state index contributed by atoms with van der Waals surface area (Å²) in [7, 11) is -4.21. The van der Waals surface area contributed by atoms with Crippen molar-refractivity contribution in [3.05, 3.63) is 129 Å². The molecule has 0 aliphatic carbocycles. The van der Waals surface area contributed by atoms with Gasteiger partial charge < -0.3 is 10.2 Å². The van der Waals surface area contributed by atoms with E-state index in [9.17, 15) is 18.0 Å². The van der Waals surface area contributed by atoms with Gasteiger partial charge in [0, 0.05) is 29.6 Å². The molecule has 0 saturated heterocycles. The van der Waals surface area contributed by atoms with E-state index in [1.807, 2.05) is 71.0 Å². The van der Waals surface area contributed by atoms with Gasteiger partial charge in [-0.2, -0.15) is 0 Å². The number of hydrogen-bond donors (Lipinski definition) is 1. The molecule has 0 aliphatic rings. The SMILES string of the molecule is Cc1ccc(S(=O)(=O)N(CC(=O)N(Cc2ccc(Cl)cc2Cl)C(Cc2ccccc2)C(=O)NCC(C)C)c2cccc(C)c2C)cc1. The number of anilines is 1. The molecule has 7 nitrogen and oxygen atoms in total. The molecule has 0 aromatic heterocycles. The first kappa shape index (κ1) is 36.0. The molecule has 0 aliphatic heterocycles. The highest BCUT2D eigenvalue weighted by Crippen LogP contribution is 2.30. The summed E-state index contributed by atoms with van der Waals surface area (Å²) in [5.41, 5.74) is 4.29. The van der Waals surface area contributed by atoms with Crippen LogP contribution in [0.15, 0.2) is 95.9 Å². The van der Waals surface area contributed by atoms with Crippen molar-refractivity contribution in [1.29, 1.82) is 0 Å². The maximum atomic E-state index is 14.7. The van der Waals surface area contributed by atoms with Gasteiger partial charge in [0.1, 0.15) is 12.6 Å². The third-order valence-corrected chi connectivity index (χ3v) is 10.4. The fraction of sp³-hybridized carbons (Fsp3) is 0.297. The average molecular weight is 695 g/mol. The molecule has 47 heavy (non-hydrogen) atoms. The van der Waals surface area contributed by atoms with Crippen LogP contribution >= 0.6 is 23.2 Å². The lowest BCUT2D eigenvalue weighted by Gasteiger charge is -2.34. The monoisotopic (exact) mass is 693 g/mol. The molecule has 4 rings (SSSR count). The van der Waals surface area contributed by atoms with Crippen molar-refractivity contribution in [3.8, 4) is 0 Å². The molecule has 0 bridgehead atoms. The maximum absolute atomic E-state index is 14.7. The molecule has 0 saturated carbocycles. The van der Waals surface area contributed by atoms with E-state index in [4.69, 9.17) is 23.2 Å². The Morgan fingerprint density at radius 3 is 2.17 bits per heavy atom. The van der Waals surface area contributed by atoms with Crippen LogP contribution in [-0.2, 0) is 32.6 Å². The van der Waals surface area contributed by atoms with Gasteiger partial charge in [0.05, 0.1) is 10.6 Å². The first-order valence-electron chi connectivity index (χ1n) is 15.5. The zero-order valence-corrected chi connectivity index (χ0v) is 29.7. The summed E-state index contributed by atoms with van der Waals surface area (Å²) < 4.78 is 29.8. The lowest BCUT2D eigenvalue weighted by molar-refractivity contribution is -0.140. The van der Waals surface area contributed by atoms with Crippen molar-refractivity contribution in [1.82, 2.24) is 10.2 Å². The van der Waals surface area contributed by atoms with Gasteiger partial charge in [0.25, 0.3) is 10.0 Å². The smallest absolute Gasteiger partial charge is 0.264 e. The summed E-state index contributed by atoms with van der Waals surface area (Å²) in [6, 6.07) is 25.3. The minimum atomic E-state index is -4.21. The van der Waals surface area contributed by atoms with Crippen LogP contribution in [0.1, 0.15) is 41.7 Å². The number of benzene rings is 4. The fourth-order valence-corrected chi connectivity index (χ4v) is 7.11. The first-order valence-corrected chi connectivity index (χ1v) is 17.7. The Hall–Kier alpha value is -3.85. The third-order valence-electron chi connectivity index (χ3n) is 8.04. The standard InChI is InChI=1S/C37H41Cl2N3O4S/c1-25(2)22-40-37(44)35(20-29-11-7-6-8-12-29)41(23-30-16-17-31(38)21-33(30)39)36(43)24-42(34-13-9-10-27(4)28(34)5)47(45,46)32-18-14-26(3)15-19-32/h6-19,21,25,35H,20,22-24H2,1-5H3,(H,40,44). The van der Waals surface area contributed by atoms with Crippen LogP contribution in [0.25, 0.3) is 0 Å². The second-order valence-electron chi connectivity index (χ2n) is 12.1. The number of aryl methyl sites for hydroxylation is 2. The summed E-state index contributed by atoms with van der Waals surface area (Å²) in [5.74, 6) is -0.737. The van der Waals surface area contributed by atoms with Crippen molar-refractivity contribution >= 4 is 50.7 Å². The van der Waals surface area contributed by atoms with Gasteiger partial charge in [-0.05, 0) is 79.3 Å². The van der Waals surface area contributed by atoms with Gasteiger partial charge >= 0.3 is 0 Å². The van der Waals surface area contributed by atoms with Crippen molar-refractivity contribution in [2.24, 2.45) is 5.92 Å². The van der Waals surface area contributed by atoms with E-state index in [1.165, 1.54) is 17.0 Å². The third kappa shape index (κ3) is 9.15. The Balaban J connectivity index is 1.85. The van der Waals surface area contributed by atoms with E-state index >= 15 is 0 Å². The molecule has 2 amide bonds. The normalized spacial score (nSPS) is 12.1. The second-order valence-corrected chi connectivity index (χ2v) is 14.9. The van der Waals surface area contributed by atoms with Crippen LogP contribution in [0.5, 0.6) is 0 Å². The van der Waals surface area contributed by atoms with Crippen molar-refractivity contribution in [3.63, 3.8) is 0 Å². The topological polar surface area (TPSA) is 86.8 Å². The van der Waals surface area contributed by atoms with Crippen LogP contribution in [-0.4, -0.2) is 44.3 Å². The number of amides is 2. The lowest BCUT2D eigenvalue weighted by atomic mass is 10.0. The van der Waals surface area contributed by atoms with E-state index in [1.54, 1.807) is 42.5 Å². The van der Waals surface area contributed by atoms with Crippen molar-refractivity contribution in [2.45, 2.75) is 58.5 Å². The zero-order chi connectivity index (χ0) is 34.3. The fourth-order valence-electron chi connectivity index (χ4n) is 5.17. The van der Waals surface area contributed by atoms with E-state index in [2.05, 4.69) is 5.32 Å². The number of sulfonamides is 1. The van der Waals surface area contributed by atoms with Gasteiger partial charge in [-0.15, -0.1) is 0 Å². The molecular formula is C37H41Cl2N3O4S. The second kappa shape index (κ2) is 15.8. The number of nitrogens with one attached hydrogen (secondary N) is 1. The highest BCUT2D eigenvalue weighted by Gasteiger charge is 2.35. The molecule has 0 radical (unpaired) electrons. The van der Waals surface area contributed by atoms with E-state index in [-0.39, 0.29) is 29.7 Å². The minimum Gasteiger partial charge on any atom is -0.354 e. The molecule has 1 unspecified atom stereocenters. The Morgan fingerprint density at radius 2 is 1.53 bits per heavy atom. The summed E-state index contributed by atoms with van der Waals surface area (Å²) in [6.45, 7) is 9.38. The van der Waals surface area contributed by atoms with Gasteiger partial charge in [-0.3, -0.25) is 13.9 Å². The number of rotatable bonds is 13. The van der Waals surface area contributed by atoms with E-state index in [0.717, 1.165) is 26.6 Å². The number of hydrogen-bond acceptors (Lipinski definition) is 4. The van der Waals surface area contributed by atoms with Crippen LogP contribution in [0, 0.1) is 26.7 Å². The molecule has 1 N–H and O–H groups in total. The summed E-state index contributed by atoms with van der Waals surface area (Å²) in [6.07, 6.45) is 0.204. The number of halogens is 2. The Kier molecular flexibility index (Phi) is 12.1. The largest absolute Gasteiger partial charge is 0.354 e. The van der Waals surface area contributed by atoms with Crippen LogP contribution in [0.3, 0.4) is 0 Å². The van der Waals surface area contributed by atoms with Gasteiger partial charge in [-0.25, -0.2) is 8.42 Å². The quantitative estimate of drug-likeness (QED) is 0.157. The molecule has 10 heteroatoms. The zero-order valence-electron chi connectivity index (χ0n) is 27.3. The van der Waals surface area contributed by atoms with Gasteiger partial charge in [0.15, 0.2) is 0 Å². The Labute approximate surface area is 288 Å². The number of nitrogens with zero attached hydrogens (tertiary/aromatic N) is 2. The highest BCUT2D eigenvalue weighted by atomic mass is 35.5. The first-order chi connectivity index (χ1) is 22.3. The lowest BCUT2D eigenvalue weighted by Crippen LogP contribution is -2.53. The predicted molar refractivity (Wildman–Crippen MR) is 190 cm³/mol. The van der Waals surface area contributed by atoms with Crippen LogP contribution in [0.4, 0.5) is 5.69 Å². The summed E-state index contributed by atoms with van der Waals surface area (Å²) in [4.78, 5) is 30.1. The molecule has 4 aromatic carbocycles. The van der Waals surface area contributed by atoms with Gasteiger partial charge in [-0.1, -0.05) is 103 Å². The number of carbonyl (C=O) groups is 2. The van der Waals surface area contributed by atoms with Crippen LogP contribution in [0.2, 0.25) is 10.0 Å². The summed E-state index contributed by atoms with van der Waals surface area (Å²) >= 11 is 12.8. The van der Waals surface area contributed by atoms with Gasteiger partial charge in [0.2, 0.25) is 11.8 Å². The average Bonchev–Trinajstić information content (AvgIpc) is 3.03. The van der Waals surface area contributed by atoms with Crippen LogP contribution < -0.4 is 9.62 Å². The molecule has 0 fully saturated rings. The number of carbonyl (C=O) groups excluding carboxylic acids is 2. The molecule has 0 heterocycles. The van der Waals surface area contributed by atoms with E-state index < -0.39 is 28.5 Å². The molecular weight excluding hydrogens is 653 g/mol. The minimum absolute atomic E-state index is 0.0490.